The Kier molecular flexibility index (Phi) is 3.98. The molecule has 0 heterocycles. The molecule has 1 aliphatic rings. The van der Waals surface area contributed by atoms with Gasteiger partial charge in [-0.2, -0.15) is 8.42 Å². The second kappa shape index (κ2) is 4.82. The molecule has 0 spiro atoms. The molecule has 0 radical (unpaired) electrons. The predicted octanol–water partition coefficient (Wildman–Crippen LogP) is 2.45. The minimum absolute atomic E-state index is 0.505. The van der Waals surface area contributed by atoms with Crippen molar-refractivity contribution in [3.05, 3.63) is 11.8 Å². The van der Waals surface area contributed by atoms with Crippen LogP contribution in [0.15, 0.2) is 11.8 Å². The summed E-state index contributed by atoms with van der Waals surface area (Å²) in [6.07, 6.45) is 9.12. The van der Waals surface area contributed by atoms with E-state index in [1.807, 2.05) is 6.08 Å². The fourth-order valence-corrected chi connectivity index (χ4v) is 2.43. The highest BCUT2D eigenvalue weighted by molar-refractivity contribution is 7.86. The molecule has 1 fully saturated rings. The Morgan fingerprint density at radius 3 is 2.36 bits per heavy atom. The highest BCUT2D eigenvalue weighted by Crippen LogP contribution is 2.25. The Labute approximate surface area is 86.3 Å². The maximum atomic E-state index is 10.8. The van der Waals surface area contributed by atoms with Crippen molar-refractivity contribution in [2.45, 2.75) is 39.0 Å². The van der Waals surface area contributed by atoms with Crippen LogP contribution in [0.3, 0.4) is 0 Å². The molecule has 0 saturated heterocycles. The highest BCUT2D eigenvalue weighted by atomic mass is 32.2. The Morgan fingerprint density at radius 1 is 1.29 bits per heavy atom. The van der Waals surface area contributed by atoms with Gasteiger partial charge in [0.15, 0.2) is 0 Å². The fourth-order valence-electron chi connectivity index (χ4n) is 1.90. The van der Waals surface area contributed by atoms with Crippen molar-refractivity contribution in [1.82, 2.24) is 0 Å². The Hall–Kier alpha value is -0.510. The lowest BCUT2D eigenvalue weighted by atomic mass is 9.89. The molecule has 1 aliphatic carbocycles. The van der Waals surface area contributed by atoms with E-state index in [2.05, 4.69) is 0 Å². The van der Waals surface area contributed by atoms with Gasteiger partial charge >= 0.3 is 10.1 Å². The Balaban J connectivity index is 2.49. The van der Waals surface area contributed by atoms with E-state index in [1.165, 1.54) is 19.3 Å². The topological polar surface area (TPSA) is 43.4 Å². The lowest BCUT2D eigenvalue weighted by Gasteiger charge is -2.18. The van der Waals surface area contributed by atoms with E-state index in [1.54, 1.807) is 6.92 Å². The van der Waals surface area contributed by atoms with Crippen LogP contribution in [0.2, 0.25) is 0 Å². The van der Waals surface area contributed by atoms with Gasteiger partial charge in [-0.15, -0.1) is 0 Å². The van der Waals surface area contributed by atoms with Crippen molar-refractivity contribution in [3.63, 3.8) is 0 Å². The highest BCUT2D eigenvalue weighted by Gasteiger charge is 2.12. The number of allylic oxidation sites excluding steroid dienone is 2. The van der Waals surface area contributed by atoms with Crippen LogP contribution in [0, 0.1) is 5.92 Å². The molecule has 0 aromatic heterocycles. The zero-order chi connectivity index (χ0) is 10.6. The summed E-state index contributed by atoms with van der Waals surface area (Å²) in [4.78, 5) is 0. The van der Waals surface area contributed by atoms with Gasteiger partial charge in [-0.1, -0.05) is 19.3 Å². The van der Waals surface area contributed by atoms with Crippen LogP contribution in [0.25, 0.3) is 0 Å². The summed E-state index contributed by atoms with van der Waals surface area (Å²) in [5.74, 6) is 1.02. The molecule has 82 valence electrons. The van der Waals surface area contributed by atoms with Crippen LogP contribution in [-0.2, 0) is 14.3 Å². The van der Waals surface area contributed by atoms with Gasteiger partial charge in [-0.25, -0.2) is 0 Å². The second-order valence-corrected chi connectivity index (χ2v) is 5.54. The van der Waals surface area contributed by atoms with Crippen molar-refractivity contribution in [1.29, 1.82) is 0 Å². The lowest BCUT2D eigenvalue weighted by molar-refractivity contribution is 0.382. The van der Waals surface area contributed by atoms with E-state index in [-0.39, 0.29) is 0 Å². The van der Waals surface area contributed by atoms with Gasteiger partial charge in [0.1, 0.15) is 5.76 Å². The number of rotatable bonds is 3. The fraction of sp³-hybridized carbons (Fsp3) is 0.800. The zero-order valence-electron chi connectivity index (χ0n) is 8.82. The predicted molar refractivity (Wildman–Crippen MR) is 56.3 cm³/mol. The molecular formula is C10H18O3S. The van der Waals surface area contributed by atoms with Gasteiger partial charge in [-0.05, 0) is 31.8 Å². The van der Waals surface area contributed by atoms with Gasteiger partial charge < -0.3 is 4.18 Å². The monoisotopic (exact) mass is 218 g/mol. The molecule has 14 heavy (non-hydrogen) atoms. The third kappa shape index (κ3) is 4.65. The zero-order valence-corrected chi connectivity index (χ0v) is 9.64. The smallest absolute Gasteiger partial charge is 0.305 e. The third-order valence-electron chi connectivity index (χ3n) is 2.40. The third-order valence-corrected chi connectivity index (χ3v) is 2.97. The summed E-state index contributed by atoms with van der Waals surface area (Å²) in [6, 6.07) is 0. The van der Waals surface area contributed by atoms with E-state index >= 15 is 0 Å². The molecule has 4 heteroatoms. The molecule has 0 aromatic carbocycles. The van der Waals surface area contributed by atoms with Gasteiger partial charge in [0, 0.05) is 0 Å². The van der Waals surface area contributed by atoms with Gasteiger partial charge in [-0.3, -0.25) is 0 Å². The van der Waals surface area contributed by atoms with Crippen LogP contribution in [-0.4, -0.2) is 14.7 Å². The summed E-state index contributed by atoms with van der Waals surface area (Å²) < 4.78 is 26.4. The summed E-state index contributed by atoms with van der Waals surface area (Å²) in [7, 11) is -3.34. The summed E-state index contributed by atoms with van der Waals surface area (Å²) in [5.41, 5.74) is 0. The van der Waals surface area contributed by atoms with Gasteiger partial charge in [0.25, 0.3) is 0 Å². The van der Waals surface area contributed by atoms with Crippen LogP contribution in [0.5, 0.6) is 0 Å². The quantitative estimate of drug-likeness (QED) is 0.540. The summed E-state index contributed by atoms with van der Waals surface area (Å²) in [6.45, 7) is 1.70. The standard InChI is InChI=1S/C10H18O3S/c1-9(13-14(2,11)12)8-10-6-4-3-5-7-10/h8,10H,3-7H2,1-2H3/b9-8+. The van der Waals surface area contributed by atoms with Crippen LogP contribution in [0.1, 0.15) is 39.0 Å². The van der Waals surface area contributed by atoms with E-state index < -0.39 is 10.1 Å². The maximum absolute atomic E-state index is 10.8. The van der Waals surface area contributed by atoms with E-state index in [0.29, 0.717) is 11.7 Å². The SMILES string of the molecule is C/C(=C\C1CCCCC1)OS(C)(=O)=O. The lowest BCUT2D eigenvalue weighted by Crippen LogP contribution is -2.06. The van der Waals surface area contributed by atoms with E-state index in [4.69, 9.17) is 4.18 Å². The van der Waals surface area contributed by atoms with Crippen LogP contribution < -0.4 is 0 Å². The average Bonchev–Trinajstić information content (AvgIpc) is 2.02. The van der Waals surface area contributed by atoms with Crippen molar-refractivity contribution in [2.24, 2.45) is 5.92 Å². The summed E-state index contributed by atoms with van der Waals surface area (Å²) in [5, 5.41) is 0. The van der Waals surface area contributed by atoms with Crippen molar-refractivity contribution < 1.29 is 12.6 Å². The molecule has 0 unspecified atom stereocenters. The first-order chi connectivity index (χ1) is 6.47. The molecular weight excluding hydrogens is 200 g/mol. The minimum atomic E-state index is -3.34. The van der Waals surface area contributed by atoms with Crippen molar-refractivity contribution in [3.8, 4) is 0 Å². The maximum Gasteiger partial charge on any atom is 0.305 e. The largest absolute Gasteiger partial charge is 0.388 e. The van der Waals surface area contributed by atoms with Crippen LogP contribution >= 0.6 is 0 Å². The molecule has 3 nitrogen and oxygen atoms in total. The van der Waals surface area contributed by atoms with Crippen molar-refractivity contribution in [2.75, 3.05) is 6.26 Å². The molecule has 1 saturated carbocycles. The summed E-state index contributed by atoms with van der Waals surface area (Å²) >= 11 is 0. The normalized spacial score (nSPS) is 20.9. The molecule has 0 N–H and O–H groups in total. The molecule has 1 rings (SSSR count). The van der Waals surface area contributed by atoms with Crippen molar-refractivity contribution >= 4 is 10.1 Å². The minimum Gasteiger partial charge on any atom is -0.388 e. The average molecular weight is 218 g/mol. The molecule has 0 aromatic rings. The first-order valence-electron chi connectivity index (χ1n) is 5.05. The second-order valence-electron chi connectivity index (χ2n) is 3.96. The van der Waals surface area contributed by atoms with E-state index in [9.17, 15) is 8.42 Å². The molecule has 0 atom stereocenters. The van der Waals surface area contributed by atoms with Gasteiger partial charge in [0.2, 0.25) is 0 Å². The first-order valence-corrected chi connectivity index (χ1v) is 6.87. The Morgan fingerprint density at radius 2 is 1.86 bits per heavy atom. The molecule has 0 bridgehead atoms. The van der Waals surface area contributed by atoms with Crippen LogP contribution in [0.4, 0.5) is 0 Å². The number of hydrogen-bond donors (Lipinski definition) is 0. The molecule has 0 amide bonds. The number of hydrogen-bond acceptors (Lipinski definition) is 3. The Bertz CT molecular complexity index is 297. The van der Waals surface area contributed by atoms with E-state index in [0.717, 1.165) is 19.1 Å². The van der Waals surface area contributed by atoms with Gasteiger partial charge in [0.05, 0.1) is 6.26 Å². The molecule has 0 aliphatic heterocycles. The first kappa shape index (κ1) is 11.6.